The standard InChI is InChI=1S/C16H24O/c1-3-16(13-7-5-4-6-8-13)14-9-11-15(17-2)12-10-14/h9-13,16H,3-8H2,1-2H3. The average molecular weight is 232 g/mol. The first-order chi connectivity index (χ1) is 8.35. The molecule has 1 aromatic rings. The summed E-state index contributed by atoms with van der Waals surface area (Å²) in [5.74, 6) is 2.62. The average Bonchev–Trinajstić information content (AvgIpc) is 2.42. The lowest BCUT2D eigenvalue weighted by atomic mass is 9.76. The van der Waals surface area contributed by atoms with Gasteiger partial charge in [-0.15, -0.1) is 0 Å². The van der Waals surface area contributed by atoms with Gasteiger partial charge >= 0.3 is 0 Å². The van der Waals surface area contributed by atoms with Crippen LogP contribution in [0.25, 0.3) is 0 Å². The van der Waals surface area contributed by atoms with Crippen LogP contribution in [0.5, 0.6) is 5.75 Å². The molecule has 94 valence electrons. The lowest BCUT2D eigenvalue weighted by molar-refractivity contribution is 0.299. The summed E-state index contributed by atoms with van der Waals surface area (Å²) in [4.78, 5) is 0. The fraction of sp³-hybridized carbons (Fsp3) is 0.625. The summed E-state index contributed by atoms with van der Waals surface area (Å²) >= 11 is 0. The first-order valence-electron chi connectivity index (χ1n) is 6.99. The molecule has 2 rings (SSSR count). The van der Waals surface area contributed by atoms with Gasteiger partial charge in [-0.2, -0.15) is 0 Å². The van der Waals surface area contributed by atoms with Gasteiger partial charge in [-0.3, -0.25) is 0 Å². The first kappa shape index (κ1) is 12.5. The van der Waals surface area contributed by atoms with E-state index in [0.29, 0.717) is 0 Å². The molecule has 0 heterocycles. The highest BCUT2D eigenvalue weighted by Gasteiger charge is 2.23. The van der Waals surface area contributed by atoms with E-state index in [-0.39, 0.29) is 0 Å². The van der Waals surface area contributed by atoms with Crippen LogP contribution in [0, 0.1) is 5.92 Å². The van der Waals surface area contributed by atoms with Gasteiger partial charge in [-0.05, 0) is 48.8 Å². The van der Waals surface area contributed by atoms with Crippen molar-refractivity contribution in [2.75, 3.05) is 7.11 Å². The predicted octanol–water partition coefficient (Wildman–Crippen LogP) is 4.77. The van der Waals surface area contributed by atoms with Gasteiger partial charge in [0.05, 0.1) is 7.11 Å². The van der Waals surface area contributed by atoms with Gasteiger partial charge in [-0.1, -0.05) is 38.3 Å². The van der Waals surface area contributed by atoms with E-state index in [4.69, 9.17) is 4.74 Å². The van der Waals surface area contributed by atoms with Gasteiger partial charge < -0.3 is 4.74 Å². The van der Waals surface area contributed by atoms with Gasteiger partial charge in [0.1, 0.15) is 5.75 Å². The summed E-state index contributed by atoms with van der Waals surface area (Å²) in [6, 6.07) is 8.70. The SMILES string of the molecule is CCC(c1ccc(OC)cc1)C1CCCCC1. The molecule has 1 heteroatoms. The first-order valence-corrected chi connectivity index (χ1v) is 6.99. The molecule has 0 amide bonds. The number of ether oxygens (including phenoxy) is 1. The highest BCUT2D eigenvalue weighted by molar-refractivity contribution is 5.29. The van der Waals surface area contributed by atoms with Crippen molar-refractivity contribution in [3.8, 4) is 5.75 Å². The molecule has 0 aliphatic heterocycles. The van der Waals surface area contributed by atoms with Crippen molar-refractivity contribution >= 4 is 0 Å². The van der Waals surface area contributed by atoms with E-state index >= 15 is 0 Å². The largest absolute Gasteiger partial charge is 0.497 e. The van der Waals surface area contributed by atoms with Gasteiger partial charge in [0.25, 0.3) is 0 Å². The van der Waals surface area contributed by atoms with Crippen LogP contribution in [-0.4, -0.2) is 7.11 Å². The fourth-order valence-electron chi connectivity index (χ4n) is 3.23. The highest BCUT2D eigenvalue weighted by Crippen LogP contribution is 2.38. The minimum absolute atomic E-state index is 0.751. The molecule has 0 radical (unpaired) electrons. The summed E-state index contributed by atoms with van der Waals surface area (Å²) in [5, 5.41) is 0. The van der Waals surface area contributed by atoms with Crippen molar-refractivity contribution in [3.63, 3.8) is 0 Å². The summed E-state index contributed by atoms with van der Waals surface area (Å²) < 4.78 is 5.23. The van der Waals surface area contributed by atoms with E-state index in [0.717, 1.165) is 17.6 Å². The maximum absolute atomic E-state index is 5.23. The molecule has 1 aromatic carbocycles. The molecule has 1 unspecified atom stereocenters. The predicted molar refractivity (Wildman–Crippen MR) is 72.6 cm³/mol. The van der Waals surface area contributed by atoms with Crippen molar-refractivity contribution < 1.29 is 4.74 Å². The van der Waals surface area contributed by atoms with Crippen molar-refractivity contribution in [2.45, 2.75) is 51.4 Å². The number of benzene rings is 1. The maximum Gasteiger partial charge on any atom is 0.118 e. The van der Waals surface area contributed by atoms with Gasteiger partial charge in [0.2, 0.25) is 0 Å². The van der Waals surface area contributed by atoms with E-state index in [1.807, 2.05) is 0 Å². The Balaban J connectivity index is 2.10. The Morgan fingerprint density at radius 1 is 1.12 bits per heavy atom. The smallest absolute Gasteiger partial charge is 0.118 e. The Kier molecular flexibility index (Phi) is 4.47. The molecule has 1 atom stereocenters. The third kappa shape index (κ3) is 3.02. The molecule has 0 spiro atoms. The molecule has 1 saturated carbocycles. The lowest BCUT2D eigenvalue weighted by Gasteiger charge is -2.30. The van der Waals surface area contributed by atoms with E-state index in [9.17, 15) is 0 Å². The number of hydrogen-bond donors (Lipinski definition) is 0. The second-order valence-electron chi connectivity index (χ2n) is 5.19. The molecule has 1 aliphatic rings. The zero-order valence-corrected chi connectivity index (χ0v) is 11.1. The molecule has 0 bridgehead atoms. The fourth-order valence-corrected chi connectivity index (χ4v) is 3.23. The Morgan fingerprint density at radius 2 is 1.76 bits per heavy atom. The van der Waals surface area contributed by atoms with Gasteiger partial charge in [0.15, 0.2) is 0 Å². The van der Waals surface area contributed by atoms with Crippen molar-refractivity contribution in [2.24, 2.45) is 5.92 Å². The van der Waals surface area contributed by atoms with Crippen LogP contribution in [-0.2, 0) is 0 Å². The Labute approximate surface area is 105 Å². The van der Waals surface area contributed by atoms with Crippen LogP contribution >= 0.6 is 0 Å². The maximum atomic E-state index is 5.23. The molecule has 1 nitrogen and oxygen atoms in total. The van der Waals surface area contributed by atoms with Crippen molar-refractivity contribution in [3.05, 3.63) is 29.8 Å². The van der Waals surface area contributed by atoms with E-state index in [2.05, 4.69) is 31.2 Å². The topological polar surface area (TPSA) is 9.23 Å². The zero-order valence-electron chi connectivity index (χ0n) is 11.1. The van der Waals surface area contributed by atoms with Crippen LogP contribution in [0.2, 0.25) is 0 Å². The van der Waals surface area contributed by atoms with E-state index in [1.165, 1.54) is 44.1 Å². The van der Waals surface area contributed by atoms with Crippen LogP contribution in [0.4, 0.5) is 0 Å². The Hall–Kier alpha value is -0.980. The number of hydrogen-bond acceptors (Lipinski definition) is 1. The normalized spacial score (nSPS) is 18.9. The second kappa shape index (κ2) is 6.09. The summed E-state index contributed by atoms with van der Waals surface area (Å²) in [6.07, 6.45) is 8.40. The van der Waals surface area contributed by atoms with E-state index in [1.54, 1.807) is 7.11 Å². The molecular weight excluding hydrogens is 208 g/mol. The second-order valence-corrected chi connectivity index (χ2v) is 5.19. The van der Waals surface area contributed by atoms with Gasteiger partial charge in [-0.25, -0.2) is 0 Å². The summed E-state index contributed by atoms with van der Waals surface area (Å²) in [6.45, 7) is 2.32. The molecule has 1 aliphatic carbocycles. The van der Waals surface area contributed by atoms with Crippen molar-refractivity contribution in [1.29, 1.82) is 0 Å². The van der Waals surface area contributed by atoms with Crippen LogP contribution < -0.4 is 4.74 Å². The van der Waals surface area contributed by atoms with E-state index < -0.39 is 0 Å². The quantitative estimate of drug-likeness (QED) is 0.726. The third-order valence-corrected chi connectivity index (χ3v) is 4.20. The van der Waals surface area contributed by atoms with Crippen LogP contribution in [0.1, 0.15) is 56.9 Å². The van der Waals surface area contributed by atoms with Crippen LogP contribution in [0.15, 0.2) is 24.3 Å². The molecular formula is C16H24O. The summed E-state index contributed by atoms with van der Waals surface area (Å²) in [7, 11) is 1.73. The highest BCUT2D eigenvalue weighted by atomic mass is 16.5. The number of rotatable bonds is 4. The molecule has 0 saturated heterocycles. The summed E-state index contributed by atoms with van der Waals surface area (Å²) in [5.41, 5.74) is 1.50. The lowest BCUT2D eigenvalue weighted by Crippen LogP contribution is -2.15. The minimum Gasteiger partial charge on any atom is -0.497 e. The van der Waals surface area contributed by atoms with Gasteiger partial charge in [0, 0.05) is 0 Å². The van der Waals surface area contributed by atoms with Crippen LogP contribution in [0.3, 0.4) is 0 Å². The zero-order chi connectivity index (χ0) is 12.1. The third-order valence-electron chi connectivity index (χ3n) is 4.20. The molecule has 1 fully saturated rings. The van der Waals surface area contributed by atoms with Crippen molar-refractivity contribution in [1.82, 2.24) is 0 Å². The molecule has 0 N–H and O–H groups in total. The molecule has 0 aromatic heterocycles. The minimum atomic E-state index is 0.751. The Bertz CT molecular complexity index is 322. The number of methoxy groups -OCH3 is 1. The Morgan fingerprint density at radius 3 is 2.29 bits per heavy atom. The monoisotopic (exact) mass is 232 g/mol. The molecule has 17 heavy (non-hydrogen) atoms.